The molecular formula is C21H36F3N. The number of nitrogens with zero attached hydrogens (tertiary/aromatic N) is 1. The van der Waals surface area contributed by atoms with Crippen LogP contribution in [0.5, 0.6) is 0 Å². The third-order valence-electron chi connectivity index (χ3n) is 7.51. The lowest BCUT2D eigenvalue weighted by molar-refractivity contribution is -0.0619. The molecule has 2 saturated carbocycles. The Labute approximate surface area is 151 Å². The van der Waals surface area contributed by atoms with E-state index in [0.29, 0.717) is 49.5 Å². The summed E-state index contributed by atoms with van der Waals surface area (Å²) >= 11 is 0. The molecule has 3 fully saturated rings. The van der Waals surface area contributed by atoms with Gasteiger partial charge in [0, 0.05) is 18.9 Å². The Hall–Kier alpha value is -0.250. The van der Waals surface area contributed by atoms with Crippen LogP contribution in [0.15, 0.2) is 0 Å². The number of hydrogen-bond acceptors (Lipinski definition) is 1. The van der Waals surface area contributed by atoms with Crippen LogP contribution in [0.1, 0.15) is 84.0 Å². The summed E-state index contributed by atoms with van der Waals surface area (Å²) in [7, 11) is 2.22. The van der Waals surface area contributed by atoms with E-state index in [1.807, 2.05) is 0 Å². The standard InChI is InChI=1S/C21H36F3N/c1-20(22)10-6-16(7-11-20)19(15-18-5-3-4-14-25(18)2)17-8-12-21(23,24)13-9-17/h16-19H,3-15H2,1-2H3. The molecule has 1 heterocycles. The molecule has 2 unspecified atom stereocenters. The second-order valence-electron chi connectivity index (χ2n) is 9.47. The van der Waals surface area contributed by atoms with Gasteiger partial charge in [-0.1, -0.05) is 6.42 Å². The summed E-state index contributed by atoms with van der Waals surface area (Å²) in [6, 6.07) is 0.597. The highest BCUT2D eigenvalue weighted by Gasteiger charge is 2.42. The Morgan fingerprint density at radius 3 is 2.00 bits per heavy atom. The number of piperidine rings is 1. The van der Waals surface area contributed by atoms with E-state index in [-0.39, 0.29) is 12.8 Å². The molecule has 1 nitrogen and oxygen atoms in total. The van der Waals surface area contributed by atoms with Crippen LogP contribution in [-0.4, -0.2) is 36.1 Å². The maximum atomic E-state index is 14.3. The second kappa shape index (κ2) is 7.78. The van der Waals surface area contributed by atoms with Crippen molar-refractivity contribution in [1.29, 1.82) is 0 Å². The van der Waals surface area contributed by atoms with Gasteiger partial charge in [-0.3, -0.25) is 0 Å². The lowest BCUT2D eigenvalue weighted by Gasteiger charge is -2.44. The van der Waals surface area contributed by atoms with Crippen LogP contribution in [0.25, 0.3) is 0 Å². The van der Waals surface area contributed by atoms with E-state index in [1.165, 1.54) is 19.3 Å². The molecule has 0 aromatic rings. The lowest BCUT2D eigenvalue weighted by Crippen LogP contribution is -2.42. The van der Waals surface area contributed by atoms with Gasteiger partial charge in [-0.05, 0) is 96.1 Å². The first-order valence-corrected chi connectivity index (χ1v) is 10.5. The maximum absolute atomic E-state index is 14.3. The first-order valence-electron chi connectivity index (χ1n) is 10.5. The van der Waals surface area contributed by atoms with Gasteiger partial charge in [0.25, 0.3) is 0 Å². The van der Waals surface area contributed by atoms with Crippen LogP contribution in [0.2, 0.25) is 0 Å². The van der Waals surface area contributed by atoms with Crippen LogP contribution in [-0.2, 0) is 0 Å². The largest absolute Gasteiger partial charge is 0.303 e. The van der Waals surface area contributed by atoms with Crippen LogP contribution in [0.3, 0.4) is 0 Å². The number of rotatable bonds is 4. The van der Waals surface area contributed by atoms with Crippen LogP contribution in [0, 0.1) is 17.8 Å². The average Bonchev–Trinajstić information content (AvgIpc) is 2.55. The molecule has 0 N–H and O–H groups in total. The van der Waals surface area contributed by atoms with Gasteiger partial charge in [0.05, 0.1) is 0 Å². The van der Waals surface area contributed by atoms with Gasteiger partial charge in [-0.25, -0.2) is 13.2 Å². The number of alkyl halides is 3. The molecule has 0 bridgehead atoms. The van der Waals surface area contributed by atoms with E-state index < -0.39 is 11.6 Å². The minimum atomic E-state index is -2.45. The fourth-order valence-corrected chi connectivity index (χ4v) is 5.69. The quantitative estimate of drug-likeness (QED) is 0.576. The molecule has 4 heteroatoms. The molecule has 2 atom stereocenters. The predicted octanol–water partition coefficient (Wildman–Crippen LogP) is 6.22. The van der Waals surface area contributed by atoms with Crippen molar-refractivity contribution in [3.63, 3.8) is 0 Å². The summed E-state index contributed by atoms with van der Waals surface area (Å²) in [5, 5.41) is 0. The van der Waals surface area contributed by atoms with Crippen molar-refractivity contribution < 1.29 is 13.2 Å². The number of hydrogen-bond donors (Lipinski definition) is 0. The minimum Gasteiger partial charge on any atom is -0.303 e. The Morgan fingerprint density at radius 1 is 0.880 bits per heavy atom. The van der Waals surface area contributed by atoms with Crippen molar-refractivity contribution in [3.8, 4) is 0 Å². The Morgan fingerprint density at radius 2 is 1.44 bits per heavy atom. The highest BCUT2D eigenvalue weighted by Crippen LogP contribution is 2.48. The normalized spacial score (nSPS) is 39.2. The zero-order chi connectivity index (χ0) is 18.1. The van der Waals surface area contributed by atoms with Gasteiger partial charge in [-0.15, -0.1) is 0 Å². The van der Waals surface area contributed by atoms with Crippen molar-refractivity contribution in [2.75, 3.05) is 13.6 Å². The van der Waals surface area contributed by atoms with Crippen LogP contribution in [0.4, 0.5) is 13.2 Å². The van der Waals surface area contributed by atoms with Crippen molar-refractivity contribution >= 4 is 0 Å². The zero-order valence-electron chi connectivity index (χ0n) is 16.1. The molecule has 0 aromatic carbocycles. The summed E-state index contributed by atoms with van der Waals surface area (Å²) in [5.74, 6) is -0.982. The molecule has 25 heavy (non-hydrogen) atoms. The minimum absolute atomic E-state index is 0.0578. The van der Waals surface area contributed by atoms with Crippen LogP contribution >= 0.6 is 0 Å². The molecule has 146 valence electrons. The third kappa shape index (κ3) is 5.14. The van der Waals surface area contributed by atoms with E-state index in [9.17, 15) is 13.2 Å². The maximum Gasteiger partial charge on any atom is 0.248 e. The number of likely N-dealkylation sites (tertiary alicyclic amines) is 1. The first kappa shape index (κ1) is 19.5. The summed E-state index contributed by atoms with van der Waals surface area (Å²) in [5.41, 5.74) is -1.01. The topological polar surface area (TPSA) is 3.24 Å². The zero-order valence-corrected chi connectivity index (χ0v) is 16.1. The molecule has 3 rings (SSSR count). The lowest BCUT2D eigenvalue weighted by atomic mass is 9.65. The molecule has 2 aliphatic carbocycles. The van der Waals surface area contributed by atoms with Crippen molar-refractivity contribution in [3.05, 3.63) is 0 Å². The van der Waals surface area contributed by atoms with Gasteiger partial charge < -0.3 is 4.90 Å². The summed E-state index contributed by atoms with van der Waals surface area (Å²) in [6.45, 7) is 2.89. The summed E-state index contributed by atoms with van der Waals surface area (Å²) in [6.07, 6.45) is 9.58. The smallest absolute Gasteiger partial charge is 0.248 e. The van der Waals surface area contributed by atoms with Crippen molar-refractivity contribution in [1.82, 2.24) is 4.90 Å². The predicted molar refractivity (Wildman–Crippen MR) is 96.8 cm³/mol. The van der Waals surface area contributed by atoms with Gasteiger partial charge in [0.2, 0.25) is 5.92 Å². The Balaban J connectivity index is 1.67. The fourth-order valence-electron chi connectivity index (χ4n) is 5.69. The van der Waals surface area contributed by atoms with Gasteiger partial charge >= 0.3 is 0 Å². The highest BCUT2D eigenvalue weighted by atomic mass is 19.3. The van der Waals surface area contributed by atoms with Crippen molar-refractivity contribution in [2.24, 2.45) is 17.8 Å². The van der Waals surface area contributed by atoms with Gasteiger partial charge in [0.1, 0.15) is 5.67 Å². The monoisotopic (exact) mass is 359 g/mol. The SMILES string of the molecule is CN1CCCCC1CC(C1CCC(C)(F)CC1)C1CCC(F)(F)CC1. The fraction of sp³-hybridized carbons (Fsp3) is 1.00. The molecule has 0 spiro atoms. The number of halogens is 3. The Bertz CT molecular complexity index is 389. The molecule has 0 amide bonds. The van der Waals surface area contributed by atoms with Gasteiger partial charge in [-0.2, -0.15) is 0 Å². The summed E-state index contributed by atoms with van der Waals surface area (Å²) < 4.78 is 41.6. The van der Waals surface area contributed by atoms with Crippen molar-refractivity contribution in [2.45, 2.75) is 102 Å². The van der Waals surface area contributed by atoms with E-state index in [0.717, 1.165) is 25.8 Å². The van der Waals surface area contributed by atoms with E-state index >= 15 is 0 Å². The molecule has 0 radical (unpaired) electrons. The molecular weight excluding hydrogens is 323 g/mol. The van der Waals surface area contributed by atoms with E-state index in [4.69, 9.17) is 0 Å². The first-order chi connectivity index (χ1) is 11.8. The molecule has 3 aliphatic rings. The third-order valence-corrected chi connectivity index (χ3v) is 7.51. The summed E-state index contributed by atoms with van der Waals surface area (Å²) in [4.78, 5) is 2.48. The molecule has 1 saturated heterocycles. The van der Waals surface area contributed by atoms with Gasteiger partial charge in [0.15, 0.2) is 0 Å². The second-order valence-corrected chi connectivity index (χ2v) is 9.47. The average molecular weight is 360 g/mol. The van der Waals surface area contributed by atoms with Crippen LogP contribution < -0.4 is 0 Å². The van der Waals surface area contributed by atoms with E-state index in [2.05, 4.69) is 11.9 Å². The van der Waals surface area contributed by atoms with E-state index in [1.54, 1.807) is 6.92 Å². The molecule has 0 aromatic heterocycles. The Kier molecular flexibility index (Phi) is 6.07. The molecule has 1 aliphatic heterocycles. The highest BCUT2D eigenvalue weighted by molar-refractivity contribution is 4.92.